The van der Waals surface area contributed by atoms with E-state index in [4.69, 9.17) is 18.6 Å². The second-order valence-electron chi connectivity index (χ2n) is 8.83. The zero-order valence-electron chi connectivity index (χ0n) is 19.9. The third-order valence-electron chi connectivity index (χ3n) is 7.12. The van der Waals surface area contributed by atoms with E-state index < -0.39 is 17.0 Å². The van der Waals surface area contributed by atoms with Crippen LogP contribution < -0.4 is 9.80 Å². The Balaban J connectivity index is 0.000000141. The fourth-order valence-electron chi connectivity index (χ4n) is 5.27. The minimum absolute atomic E-state index is 0.433. The second-order valence-corrected chi connectivity index (χ2v) is 11.4. The molecule has 170 valence electrons. The van der Waals surface area contributed by atoms with Crippen LogP contribution in [0.15, 0.2) is 70.8 Å². The average molecular weight is 511 g/mol. The Morgan fingerprint density at radius 2 is 1.00 bits per heavy atom. The summed E-state index contributed by atoms with van der Waals surface area (Å²) < 4.78 is 0. The van der Waals surface area contributed by atoms with Gasteiger partial charge in [0, 0.05) is 26.2 Å². The summed E-state index contributed by atoms with van der Waals surface area (Å²) in [6.07, 6.45) is 7.01. The average Bonchev–Trinajstić information content (AvgIpc) is 3.47. The van der Waals surface area contributed by atoms with Crippen molar-refractivity contribution in [2.45, 2.75) is 39.8 Å². The number of nitrogens with zero attached hydrogens (tertiary/aromatic N) is 2. The first kappa shape index (κ1) is 24.4. The molecule has 2 aliphatic carbocycles. The molecule has 2 aromatic carbocycles. The third-order valence-corrected chi connectivity index (χ3v) is 7.12. The number of para-hydroxylation sites is 2. The van der Waals surface area contributed by atoms with Crippen LogP contribution in [-0.4, -0.2) is 26.2 Å². The second kappa shape index (κ2) is 9.88. The molecule has 0 amide bonds. The van der Waals surface area contributed by atoms with E-state index in [1.54, 1.807) is 0 Å². The van der Waals surface area contributed by atoms with Crippen molar-refractivity contribution >= 4 is 41.1 Å². The number of allylic oxidation sites excluding steroid dienone is 4. The van der Waals surface area contributed by atoms with Crippen molar-refractivity contribution in [2.75, 3.05) is 23.9 Å². The molecule has 4 aliphatic rings. The van der Waals surface area contributed by atoms with Crippen LogP contribution in [0.1, 0.15) is 38.8 Å². The molecule has 0 bridgehead atoms. The summed E-state index contributed by atoms with van der Waals surface area (Å²) in [6.45, 7) is 8.72. The molecule has 0 N–H and O–H groups in total. The predicted molar refractivity (Wildman–Crippen MR) is 139 cm³/mol. The normalized spacial score (nSPS) is 21.3. The number of likely N-dealkylation sites (N-methyl/N-ethyl adjacent to an activating group) is 2. The van der Waals surface area contributed by atoms with E-state index in [0.29, 0.717) is 12.1 Å². The van der Waals surface area contributed by atoms with Crippen LogP contribution in [0.3, 0.4) is 0 Å². The van der Waals surface area contributed by atoms with Crippen LogP contribution in [0.4, 0.5) is 11.4 Å². The molecule has 2 aromatic rings. The Morgan fingerprint density at radius 3 is 1.36 bits per heavy atom. The number of rotatable bonds is 0. The van der Waals surface area contributed by atoms with Crippen LogP contribution in [-0.2, 0) is 17.0 Å². The van der Waals surface area contributed by atoms with Crippen molar-refractivity contribution in [3.8, 4) is 0 Å². The van der Waals surface area contributed by atoms with E-state index in [9.17, 15) is 0 Å². The van der Waals surface area contributed by atoms with Crippen LogP contribution in [0.25, 0.3) is 11.1 Å². The first-order valence-corrected chi connectivity index (χ1v) is 15.3. The fourth-order valence-corrected chi connectivity index (χ4v) is 5.27. The summed E-state index contributed by atoms with van der Waals surface area (Å²) in [4.78, 5) is 4.70. The fraction of sp³-hybridized carbons (Fsp3) is 0.286. The molecule has 2 atom stereocenters. The molecule has 2 unspecified atom stereocenters. The van der Waals surface area contributed by atoms with Gasteiger partial charge in [-0.05, 0) is 11.4 Å². The molecule has 2 aliphatic heterocycles. The van der Waals surface area contributed by atoms with Gasteiger partial charge in [-0.1, -0.05) is 75.2 Å². The number of halogens is 2. The topological polar surface area (TPSA) is 6.48 Å². The molecule has 0 aromatic heterocycles. The van der Waals surface area contributed by atoms with Gasteiger partial charge in [0.15, 0.2) is 0 Å². The number of benzene rings is 2. The van der Waals surface area contributed by atoms with Gasteiger partial charge in [-0.15, -0.1) is 34.4 Å². The van der Waals surface area contributed by atoms with Crippen molar-refractivity contribution < 1.29 is 17.0 Å². The van der Waals surface area contributed by atoms with Crippen LogP contribution >= 0.6 is 18.6 Å². The molecule has 0 spiro atoms. The molecule has 2 heterocycles. The minimum atomic E-state index is -0.556. The number of anilines is 2. The van der Waals surface area contributed by atoms with E-state index in [2.05, 4.69) is 112 Å². The Morgan fingerprint density at radius 1 is 0.667 bits per heavy atom. The van der Waals surface area contributed by atoms with E-state index in [1.807, 2.05) is 0 Å². The molecule has 33 heavy (non-hydrogen) atoms. The molecular formula is C28H28Cl2N2Ti-2. The Hall–Kier alpha value is -1.71. The van der Waals surface area contributed by atoms with E-state index >= 15 is 0 Å². The Bertz CT molecular complexity index is 1110. The summed E-state index contributed by atoms with van der Waals surface area (Å²) in [5.74, 6) is 0. The van der Waals surface area contributed by atoms with Gasteiger partial charge in [-0.2, -0.15) is 23.3 Å². The van der Waals surface area contributed by atoms with Crippen molar-refractivity contribution in [1.29, 1.82) is 0 Å². The van der Waals surface area contributed by atoms with Gasteiger partial charge < -0.3 is 9.80 Å². The van der Waals surface area contributed by atoms with Crippen molar-refractivity contribution in [3.05, 3.63) is 94.1 Å². The van der Waals surface area contributed by atoms with Crippen LogP contribution in [0, 0.1) is 12.2 Å². The number of hydrogen-bond acceptors (Lipinski definition) is 2. The number of hydrogen-bond donors (Lipinski definition) is 0. The maximum absolute atomic E-state index is 4.89. The Kier molecular flexibility index (Phi) is 7.31. The van der Waals surface area contributed by atoms with Crippen molar-refractivity contribution in [3.63, 3.8) is 0 Å². The summed E-state index contributed by atoms with van der Waals surface area (Å²) in [7, 11) is 14.1. The van der Waals surface area contributed by atoms with Crippen molar-refractivity contribution in [2.24, 2.45) is 0 Å². The molecule has 2 nitrogen and oxygen atoms in total. The molecular weight excluding hydrogens is 483 g/mol. The van der Waals surface area contributed by atoms with Gasteiger partial charge in [-0.3, -0.25) is 0 Å². The Labute approximate surface area is 214 Å². The molecule has 0 saturated carbocycles. The third kappa shape index (κ3) is 4.17. The van der Waals surface area contributed by atoms with Gasteiger partial charge in [0.05, 0.1) is 0 Å². The van der Waals surface area contributed by atoms with Gasteiger partial charge >= 0.3 is 35.6 Å². The quantitative estimate of drug-likeness (QED) is 0.268. The first-order valence-electron chi connectivity index (χ1n) is 11.0. The molecule has 6 rings (SSSR count). The van der Waals surface area contributed by atoms with E-state index in [1.165, 1.54) is 55.9 Å². The van der Waals surface area contributed by atoms with Crippen LogP contribution in [0.5, 0.6) is 0 Å². The molecule has 0 radical (unpaired) electrons. The zero-order valence-corrected chi connectivity index (χ0v) is 23.0. The molecule has 5 heteroatoms. The first-order chi connectivity index (χ1) is 15.8. The van der Waals surface area contributed by atoms with Gasteiger partial charge in [0.2, 0.25) is 0 Å². The monoisotopic (exact) mass is 510 g/mol. The van der Waals surface area contributed by atoms with E-state index in [0.717, 1.165) is 0 Å². The zero-order chi connectivity index (χ0) is 23.9. The summed E-state index contributed by atoms with van der Waals surface area (Å²) >= 11 is -0.556. The molecule has 0 fully saturated rings. The summed E-state index contributed by atoms with van der Waals surface area (Å²) in [5, 5.41) is 0. The summed E-state index contributed by atoms with van der Waals surface area (Å²) in [6, 6.07) is 18.0. The summed E-state index contributed by atoms with van der Waals surface area (Å²) in [5.41, 5.74) is 13.5. The predicted octanol–water partition coefficient (Wildman–Crippen LogP) is 7.46. The van der Waals surface area contributed by atoms with Gasteiger partial charge in [0.1, 0.15) is 0 Å². The standard InChI is InChI=1S/2C14H14N.2ClH.Ti/c2*1-9-8-12-11-6-4-5-7-13(11)15(3)14(12)10(9)2;;;/h2*4-7,14H,1-3H3;2*1H;/q2*-1;;;+2/p-2. The van der Waals surface area contributed by atoms with Gasteiger partial charge in [-0.25, -0.2) is 0 Å². The van der Waals surface area contributed by atoms with E-state index in [-0.39, 0.29) is 0 Å². The molecule has 0 saturated heterocycles. The van der Waals surface area contributed by atoms with Crippen molar-refractivity contribution in [1.82, 2.24) is 0 Å². The van der Waals surface area contributed by atoms with Gasteiger partial charge in [0.25, 0.3) is 0 Å². The maximum atomic E-state index is 4.89. The SMILES string of the molecule is CC1=C(C)C2C(=[C-]1)c1ccccc1N2C.CC1=C(C)C2C(=[C-]1)c1ccccc1N2C.[Cl][Ti][Cl]. The van der Waals surface area contributed by atoms with Crippen LogP contribution in [0.2, 0.25) is 0 Å². The number of fused-ring (bicyclic) bond motifs is 6.